The van der Waals surface area contributed by atoms with E-state index in [0.717, 1.165) is 26.2 Å². The minimum absolute atomic E-state index is 0.0991. The van der Waals surface area contributed by atoms with Crippen molar-refractivity contribution >= 4 is 33.0 Å². The molecule has 1 amide bonds. The highest BCUT2D eigenvalue weighted by Crippen LogP contribution is 2.40. The second-order valence-corrected chi connectivity index (χ2v) is 6.98. The normalized spacial score (nSPS) is 16.8. The lowest BCUT2D eigenvalue weighted by Gasteiger charge is -2.27. The van der Waals surface area contributed by atoms with Crippen LogP contribution in [0.1, 0.15) is 32.5 Å². The van der Waals surface area contributed by atoms with Gasteiger partial charge < -0.3 is 15.7 Å². The minimum atomic E-state index is -0.446. The third-order valence-corrected chi connectivity index (χ3v) is 5.54. The number of phenolic OH excluding ortho intramolecular Hbond substituents is 1. The van der Waals surface area contributed by atoms with Gasteiger partial charge in [0.1, 0.15) is 16.9 Å². The molecule has 116 valence electrons. The fourth-order valence-electron chi connectivity index (χ4n) is 3.10. The zero-order valence-electron chi connectivity index (χ0n) is 12.8. The monoisotopic (exact) mass is 324 g/mol. The number of hydrogen-bond acceptors (Lipinski definition) is 4. The van der Waals surface area contributed by atoms with Crippen LogP contribution in [0, 0.1) is 13.8 Å². The molecule has 3 aromatic rings. The van der Waals surface area contributed by atoms with Crippen molar-refractivity contribution in [2.45, 2.75) is 20.0 Å². The van der Waals surface area contributed by atoms with Crippen LogP contribution < -0.4 is 10.6 Å². The molecule has 1 aliphatic rings. The topological polar surface area (TPSA) is 61.4 Å². The molecule has 0 radical (unpaired) electrons. The number of nitrogens with one attached hydrogen (secondary N) is 2. The number of fused-ring (bicyclic) bond motifs is 2. The van der Waals surface area contributed by atoms with Gasteiger partial charge in [0.05, 0.1) is 5.56 Å². The van der Waals surface area contributed by atoms with Crippen molar-refractivity contribution in [2.75, 3.05) is 5.32 Å². The van der Waals surface area contributed by atoms with Crippen LogP contribution in [0.3, 0.4) is 0 Å². The second-order valence-electron chi connectivity index (χ2n) is 5.76. The predicted molar refractivity (Wildman–Crippen MR) is 93.2 cm³/mol. The average molecular weight is 324 g/mol. The van der Waals surface area contributed by atoms with Crippen molar-refractivity contribution < 1.29 is 9.90 Å². The zero-order chi connectivity index (χ0) is 16.1. The Hall–Kier alpha value is -2.53. The number of phenols is 1. The average Bonchev–Trinajstić information content (AvgIpc) is 2.82. The van der Waals surface area contributed by atoms with E-state index in [1.54, 1.807) is 17.4 Å². The van der Waals surface area contributed by atoms with Crippen LogP contribution >= 0.6 is 11.3 Å². The van der Waals surface area contributed by atoms with E-state index in [1.807, 2.05) is 44.2 Å². The summed E-state index contributed by atoms with van der Waals surface area (Å²) in [6, 6.07) is 11.4. The Morgan fingerprint density at radius 2 is 1.87 bits per heavy atom. The van der Waals surface area contributed by atoms with Crippen LogP contribution in [-0.2, 0) is 0 Å². The minimum Gasteiger partial charge on any atom is -0.507 e. The number of amides is 1. The van der Waals surface area contributed by atoms with E-state index >= 15 is 0 Å². The highest BCUT2D eigenvalue weighted by Gasteiger charge is 2.31. The molecule has 0 aliphatic carbocycles. The summed E-state index contributed by atoms with van der Waals surface area (Å²) in [4.78, 5) is 13.7. The first-order valence-electron chi connectivity index (χ1n) is 7.44. The summed E-state index contributed by atoms with van der Waals surface area (Å²) in [5, 5.41) is 19.5. The molecule has 2 aromatic carbocycles. The number of benzene rings is 2. The van der Waals surface area contributed by atoms with E-state index in [9.17, 15) is 9.90 Å². The van der Waals surface area contributed by atoms with Gasteiger partial charge in [-0.1, -0.05) is 30.3 Å². The van der Waals surface area contributed by atoms with Crippen LogP contribution in [0.2, 0.25) is 0 Å². The molecule has 1 aromatic heterocycles. The number of rotatable bonds is 1. The fourth-order valence-corrected chi connectivity index (χ4v) is 4.19. The number of thiophene rings is 1. The molecule has 1 atom stereocenters. The molecule has 2 heterocycles. The third-order valence-electron chi connectivity index (χ3n) is 4.40. The highest BCUT2D eigenvalue weighted by atomic mass is 32.1. The Kier molecular flexibility index (Phi) is 3.06. The molecular weight excluding hydrogens is 308 g/mol. The molecule has 0 spiro atoms. The molecule has 3 N–H and O–H groups in total. The molecule has 4 rings (SSSR count). The number of hydrogen-bond donors (Lipinski definition) is 3. The van der Waals surface area contributed by atoms with Gasteiger partial charge in [-0.15, -0.1) is 11.3 Å². The Morgan fingerprint density at radius 3 is 2.70 bits per heavy atom. The van der Waals surface area contributed by atoms with Gasteiger partial charge in [-0.3, -0.25) is 4.79 Å². The van der Waals surface area contributed by atoms with Gasteiger partial charge in [-0.25, -0.2) is 0 Å². The SMILES string of the molecule is Cc1sc2c(c1C)C(=O)NC(c1c(O)ccc3ccccc13)N2. The summed E-state index contributed by atoms with van der Waals surface area (Å²) in [6.07, 6.45) is -0.446. The van der Waals surface area contributed by atoms with E-state index in [0.29, 0.717) is 11.1 Å². The molecule has 5 heteroatoms. The van der Waals surface area contributed by atoms with Gasteiger partial charge in [-0.2, -0.15) is 0 Å². The lowest BCUT2D eigenvalue weighted by Crippen LogP contribution is -2.38. The number of carbonyl (C=O) groups is 1. The van der Waals surface area contributed by atoms with Gasteiger partial charge in [-0.05, 0) is 36.2 Å². The smallest absolute Gasteiger partial charge is 0.256 e. The fraction of sp³-hybridized carbons (Fsp3) is 0.167. The largest absolute Gasteiger partial charge is 0.507 e. The standard InChI is InChI=1S/C18H16N2O2S/c1-9-10(2)23-18-14(9)17(22)19-16(20-18)15-12-6-4-3-5-11(12)7-8-13(15)21/h3-8,16,20-21H,1-2H3,(H,19,22). The van der Waals surface area contributed by atoms with Gasteiger partial charge in [0.25, 0.3) is 5.91 Å². The first-order chi connectivity index (χ1) is 11.1. The van der Waals surface area contributed by atoms with Gasteiger partial charge in [0, 0.05) is 10.4 Å². The zero-order valence-corrected chi connectivity index (χ0v) is 13.6. The van der Waals surface area contributed by atoms with E-state index in [-0.39, 0.29) is 11.7 Å². The number of aryl methyl sites for hydroxylation is 1. The van der Waals surface area contributed by atoms with E-state index in [2.05, 4.69) is 10.6 Å². The number of carbonyl (C=O) groups excluding carboxylic acids is 1. The van der Waals surface area contributed by atoms with Crippen molar-refractivity contribution in [3.8, 4) is 5.75 Å². The highest BCUT2D eigenvalue weighted by molar-refractivity contribution is 7.16. The van der Waals surface area contributed by atoms with Crippen LogP contribution in [0.4, 0.5) is 5.00 Å². The Labute approximate surface area is 137 Å². The number of aromatic hydroxyl groups is 1. The van der Waals surface area contributed by atoms with E-state index in [4.69, 9.17) is 0 Å². The molecule has 4 nitrogen and oxygen atoms in total. The van der Waals surface area contributed by atoms with Crippen LogP contribution in [-0.4, -0.2) is 11.0 Å². The van der Waals surface area contributed by atoms with Gasteiger partial charge in [0.2, 0.25) is 0 Å². The molecule has 0 fully saturated rings. The molecule has 1 unspecified atom stereocenters. The number of anilines is 1. The lowest BCUT2D eigenvalue weighted by atomic mass is 9.99. The van der Waals surface area contributed by atoms with Crippen LogP contribution in [0.25, 0.3) is 10.8 Å². The first-order valence-corrected chi connectivity index (χ1v) is 8.26. The van der Waals surface area contributed by atoms with Gasteiger partial charge >= 0.3 is 0 Å². The summed E-state index contributed by atoms with van der Waals surface area (Å²) in [6.45, 7) is 3.97. The van der Waals surface area contributed by atoms with Gasteiger partial charge in [0.15, 0.2) is 0 Å². The summed E-state index contributed by atoms with van der Waals surface area (Å²) < 4.78 is 0. The Balaban J connectivity index is 1.87. The maximum absolute atomic E-state index is 12.5. The second kappa shape index (κ2) is 4.99. The van der Waals surface area contributed by atoms with Crippen molar-refractivity contribution in [3.05, 3.63) is 58.0 Å². The van der Waals surface area contributed by atoms with Crippen molar-refractivity contribution in [3.63, 3.8) is 0 Å². The lowest BCUT2D eigenvalue weighted by molar-refractivity contribution is 0.0936. The summed E-state index contributed by atoms with van der Waals surface area (Å²) in [7, 11) is 0. The van der Waals surface area contributed by atoms with E-state index < -0.39 is 6.17 Å². The summed E-state index contributed by atoms with van der Waals surface area (Å²) in [5.41, 5.74) is 2.42. The Morgan fingerprint density at radius 1 is 1.09 bits per heavy atom. The van der Waals surface area contributed by atoms with Crippen LogP contribution in [0.15, 0.2) is 36.4 Å². The molecular formula is C18H16N2O2S. The Bertz CT molecular complexity index is 946. The quantitative estimate of drug-likeness (QED) is 0.632. The third kappa shape index (κ3) is 2.08. The maximum atomic E-state index is 12.5. The molecule has 1 aliphatic heterocycles. The maximum Gasteiger partial charge on any atom is 0.256 e. The predicted octanol–water partition coefficient (Wildman–Crippen LogP) is 4.08. The molecule has 0 saturated carbocycles. The van der Waals surface area contributed by atoms with Crippen molar-refractivity contribution in [2.24, 2.45) is 0 Å². The molecule has 23 heavy (non-hydrogen) atoms. The molecule has 0 saturated heterocycles. The van der Waals surface area contributed by atoms with Crippen molar-refractivity contribution in [1.82, 2.24) is 5.32 Å². The van der Waals surface area contributed by atoms with Crippen molar-refractivity contribution in [1.29, 1.82) is 0 Å². The van der Waals surface area contributed by atoms with Crippen LogP contribution in [0.5, 0.6) is 5.75 Å². The summed E-state index contributed by atoms with van der Waals surface area (Å²) in [5.74, 6) is 0.0767. The molecule has 0 bridgehead atoms. The summed E-state index contributed by atoms with van der Waals surface area (Å²) >= 11 is 1.58. The van der Waals surface area contributed by atoms with E-state index in [1.165, 1.54) is 0 Å². The first kappa shape index (κ1) is 14.1.